The van der Waals surface area contributed by atoms with Crippen LogP contribution in [0.5, 0.6) is 0 Å². The van der Waals surface area contributed by atoms with Crippen LogP contribution in [0.1, 0.15) is 51.9 Å². The van der Waals surface area contributed by atoms with Crippen molar-refractivity contribution in [3.63, 3.8) is 0 Å². The Hall–Kier alpha value is -0.660. The highest BCUT2D eigenvalue weighted by molar-refractivity contribution is 7.87. The molecule has 7 heteroatoms. The van der Waals surface area contributed by atoms with Gasteiger partial charge in [0.15, 0.2) is 0 Å². The summed E-state index contributed by atoms with van der Waals surface area (Å²) in [5.41, 5.74) is 0. The van der Waals surface area contributed by atoms with Gasteiger partial charge in [-0.3, -0.25) is 4.79 Å². The number of hydrogen-bond donors (Lipinski definition) is 2. The molecular weight excluding hydrogens is 280 g/mol. The van der Waals surface area contributed by atoms with Gasteiger partial charge in [-0.1, -0.05) is 19.8 Å². The topological polar surface area (TPSA) is 86.7 Å². The number of carboxylic acids is 1. The van der Waals surface area contributed by atoms with Gasteiger partial charge in [0, 0.05) is 26.1 Å². The van der Waals surface area contributed by atoms with Gasteiger partial charge in [0.05, 0.1) is 0 Å². The molecule has 2 N–H and O–H groups in total. The largest absolute Gasteiger partial charge is 0.481 e. The quantitative estimate of drug-likeness (QED) is 0.713. The minimum atomic E-state index is -3.37. The lowest BCUT2D eigenvalue weighted by molar-refractivity contribution is -0.137. The predicted molar refractivity (Wildman–Crippen MR) is 77.6 cm³/mol. The zero-order chi connectivity index (χ0) is 15.0. The highest BCUT2D eigenvalue weighted by atomic mass is 32.2. The van der Waals surface area contributed by atoms with Crippen molar-refractivity contribution < 1.29 is 18.3 Å². The lowest BCUT2D eigenvalue weighted by Gasteiger charge is -2.20. The fraction of sp³-hybridized carbons (Fsp3) is 0.923. The van der Waals surface area contributed by atoms with Crippen LogP contribution in [-0.2, 0) is 15.0 Å². The molecule has 0 amide bonds. The number of carbonyl (C=O) groups is 1. The molecule has 0 bridgehead atoms. The molecule has 1 heterocycles. The summed E-state index contributed by atoms with van der Waals surface area (Å²) in [6, 6.07) is 0. The van der Waals surface area contributed by atoms with E-state index in [4.69, 9.17) is 5.11 Å². The first-order valence-corrected chi connectivity index (χ1v) is 8.82. The number of rotatable bonds is 8. The van der Waals surface area contributed by atoms with Crippen LogP contribution in [0, 0.1) is 5.92 Å². The minimum Gasteiger partial charge on any atom is -0.481 e. The molecule has 1 unspecified atom stereocenters. The fourth-order valence-electron chi connectivity index (χ4n) is 2.32. The summed E-state index contributed by atoms with van der Waals surface area (Å²) in [7, 11) is -3.37. The summed E-state index contributed by atoms with van der Waals surface area (Å²) < 4.78 is 28.4. The van der Waals surface area contributed by atoms with Crippen LogP contribution in [0.15, 0.2) is 0 Å². The average molecular weight is 306 g/mol. The van der Waals surface area contributed by atoms with Crippen molar-refractivity contribution in [3.8, 4) is 0 Å². The molecule has 1 saturated heterocycles. The van der Waals surface area contributed by atoms with Crippen LogP contribution >= 0.6 is 0 Å². The van der Waals surface area contributed by atoms with E-state index < -0.39 is 16.2 Å². The molecule has 0 aromatic heterocycles. The van der Waals surface area contributed by atoms with E-state index in [2.05, 4.69) is 4.72 Å². The van der Waals surface area contributed by atoms with E-state index in [9.17, 15) is 13.2 Å². The Balaban J connectivity index is 2.30. The standard InChI is InChI=1S/C13H26N2O4S/c1-12(6-7-13(16)17)8-9-14-20(18,19)15-10-4-2-3-5-11-15/h12,14H,2-11H2,1H3,(H,16,17). The summed E-state index contributed by atoms with van der Waals surface area (Å²) in [5, 5.41) is 8.60. The molecule has 0 spiro atoms. The molecular formula is C13H26N2O4S. The zero-order valence-electron chi connectivity index (χ0n) is 12.2. The summed E-state index contributed by atoms with van der Waals surface area (Å²) in [6.07, 6.45) is 5.43. The molecule has 20 heavy (non-hydrogen) atoms. The molecule has 0 aliphatic carbocycles. The Kier molecular flexibility index (Phi) is 7.47. The van der Waals surface area contributed by atoms with Gasteiger partial charge in [-0.2, -0.15) is 12.7 Å². The first-order valence-electron chi connectivity index (χ1n) is 7.38. The molecule has 1 atom stereocenters. The summed E-state index contributed by atoms with van der Waals surface area (Å²) in [4.78, 5) is 10.5. The summed E-state index contributed by atoms with van der Waals surface area (Å²) in [6.45, 7) is 3.52. The molecule has 1 rings (SSSR count). The Morgan fingerprint density at radius 1 is 1.20 bits per heavy atom. The normalized spacial score (nSPS) is 19.4. The van der Waals surface area contributed by atoms with Crippen LogP contribution in [0.3, 0.4) is 0 Å². The van der Waals surface area contributed by atoms with E-state index in [0.717, 1.165) is 25.7 Å². The maximum atomic E-state index is 12.1. The van der Waals surface area contributed by atoms with Crippen molar-refractivity contribution in [2.75, 3.05) is 19.6 Å². The van der Waals surface area contributed by atoms with E-state index in [1.165, 1.54) is 4.31 Å². The van der Waals surface area contributed by atoms with Gasteiger partial charge in [-0.05, 0) is 31.6 Å². The van der Waals surface area contributed by atoms with Gasteiger partial charge in [0.25, 0.3) is 10.2 Å². The van der Waals surface area contributed by atoms with Crippen LogP contribution in [0.25, 0.3) is 0 Å². The Bertz CT molecular complexity index is 389. The molecule has 0 radical (unpaired) electrons. The molecule has 1 fully saturated rings. The molecule has 0 aromatic rings. The Morgan fingerprint density at radius 3 is 2.35 bits per heavy atom. The van der Waals surface area contributed by atoms with Crippen molar-refractivity contribution in [3.05, 3.63) is 0 Å². The zero-order valence-corrected chi connectivity index (χ0v) is 13.0. The molecule has 1 aliphatic rings. The first kappa shape index (κ1) is 17.4. The number of carboxylic acid groups (broad SMARTS) is 1. The SMILES string of the molecule is CC(CCNS(=O)(=O)N1CCCCCC1)CCC(=O)O. The van der Waals surface area contributed by atoms with Crippen molar-refractivity contribution >= 4 is 16.2 Å². The number of hydrogen-bond acceptors (Lipinski definition) is 3. The van der Waals surface area contributed by atoms with Gasteiger partial charge in [0.1, 0.15) is 0 Å². The maximum absolute atomic E-state index is 12.1. The third-order valence-electron chi connectivity index (χ3n) is 3.68. The monoisotopic (exact) mass is 306 g/mol. The van der Waals surface area contributed by atoms with Gasteiger partial charge in [-0.15, -0.1) is 0 Å². The Morgan fingerprint density at radius 2 is 1.80 bits per heavy atom. The van der Waals surface area contributed by atoms with Gasteiger partial charge >= 0.3 is 5.97 Å². The van der Waals surface area contributed by atoms with Crippen molar-refractivity contribution in [1.82, 2.24) is 9.03 Å². The van der Waals surface area contributed by atoms with E-state index >= 15 is 0 Å². The van der Waals surface area contributed by atoms with Crippen LogP contribution in [0.2, 0.25) is 0 Å². The van der Waals surface area contributed by atoms with E-state index in [-0.39, 0.29) is 12.3 Å². The molecule has 118 valence electrons. The molecule has 0 aromatic carbocycles. The third kappa shape index (κ3) is 6.67. The van der Waals surface area contributed by atoms with Crippen molar-refractivity contribution in [2.45, 2.75) is 51.9 Å². The maximum Gasteiger partial charge on any atom is 0.303 e. The van der Waals surface area contributed by atoms with Gasteiger partial charge in [-0.25, -0.2) is 4.72 Å². The Labute approximate surface area is 121 Å². The fourth-order valence-corrected chi connectivity index (χ4v) is 3.62. The van der Waals surface area contributed by atoms with Crippen LogP contribution in [0.4, 0.5) is 0 Å². The highest BCUT2D eigenvalue weighted by Crippen LogP contribution is 2.13. The second-order valence-electron chi connectivity index (χ2n) is 5.54. The second kappa shape index (κ2) is 8.59. The number of aliphatic carboxylic acids is 1. The molecule has 0 saturated carbocycles. The van der Waals surface area contributed by atoms with E-state index in [1.54, 1.807) is 0 Å². The van der Waals surface area contributed by atoms with Gasteiger partial charge < -0.3 is 5.11 Å². The number of nitrogens with zero attached hydrogens (tertiary/aromatic N) is 1. The smallest absolute Gasteiger partial charge is 0.303 e. The average Bonchev–Trinajstić information content (AvgIpc) is 2.65. The number of nitrogens with one attached hydrogen (secondary N) is 1. The van der Waals surface area contributed by atoms with Crippen molar-refractivity contribution in [1.29, 1.82) is 0 Å². The summed E-state index contributed by atoms with van der Waals surface area (Å²) in [5.74, 6) is -0.597. The lowest BCUT2D eigenvalue weighted by atomic mass is 10.0. The molecule has 1 aliphatic heterocycles. The van der Waals surface area contributed by atoms with Crippen molar-refractivity contribution in [2.24, 2.45) is 5.92 Å². The lowest BCUT2D eigenvalue weighted by Crippen LogP contribution is -2.41. The minimum absolute atomic E-state index is 0.139. The first-order chi connectivity index (χ1) is 9.42. The van der Waals surface area contributed by atoms with Crippen LogP contribution < -0.4 is 4.72 Å². The highest BCUT2D eigenvalue weighted by Gasteiger charge is 2.22. The van der Waals surface area contributed by atoms with E-state index in [1.807, 2.05) is 6.92 Å². The van der Waals surface area contributed by atoms with E-state index in [0.29, 0.717) is 32.5 Å². The van der Waals surface area contributed by atoms with Crippen LogP contribution in [-0.4, -0.2) is 43.4 Å². The summed E-state index contributed by atoms with van der Waals surface area (Å²) >= 11 is 0. The predicted octanol–water partition coefficient (Wildman–Crippen LogP) is 1.59. The van der Waals surface area contributed by atoms with Gasteiger partial charge in [0.2, 0.25) is 0 Å². The third-order valence-corrected chi connectivity index (χ3v) is 5.29. The molecule has 6 nitrogen and oxygen atoms in total. The second-order valence-corrected chi connectivity index (χ2v) is 7.29.